The maximum atomic E-state index is 12.5. The fourth-order valence-electron chi connectivity index (χ4n) is 2.88. The largest absolute Gasteiger partial charge is 0.487 e. The molecule has 8 heteroatoms. The third kappa shape index (κ3) is 4.25. The number of hydrogen-bond acceptors (Lipinski definition) is 4. The molecule has 0 bridgehead atoms. The molecule has 1 heterocycles. The average molecular weight is 345 g/mol. The maximum Gasteiger partial charge on any atom is 0.407 e. The van der Waals surface area contributed by atoms with Crippen LogP contribution < -0.4 is 9.47 Å². The van der Waals surface area contributed by atoms with Crippen LogP contribution in [-0.4, -0.2) is 53.1 Å². The van der Waals surface area contributed by atoms with Crippen molar-refractivity contribution in [3.05, 3.63) is 23.8 Å². The molecule has 1 amide bonds. The number of rotatable bonds is 6. The van der Waals surface area contributed by atoms with Crippen LogP contribution in [0.4, 0.5) is 13.6 Å². The van der Waals surface area contributed by atoms with Gasteiger partial charge in [0.2, 0.25) is 0 Å². The molecule has 1 aromatic rings. The molecular formula is C16H21F2NO5. The number of hydrogen-bond donors (Lipinski definition) is 2. The Labute approximate surface area is 138 Å². The monoisotopic (exact) mass is 345 g/mol. The minimum Gasteiger partial charge on any atom is -0.487 e. The molecule has 0 aliphatic carbocycles. The van der Waals surface area contributed by atoms with E-state index in [1.54, 1.807) is 26.0 Å². The Balaban J connectivity index is 2.26. The lowest BCUT2D eigenvalue weighted by molar-refractivity contribution is -0.0519. The number of benzene rings is 1. The highest BCUT2D eigenvalue weighted by molar-refractivity contribution is 5.66. The zero-order valence-electron chi connectivity index (χ0n) is 13.5. The predicted octanol–water partition coefficient (Wildman–Crippen LogP) is 2.90. The minimum atomic E-state index is -2.96. The van der Waals surface area contributed by atoms with Crippen molar-refractivity contribution in [2.24, 2.45) is 0 Å². The minimum absolute atomic E-state index is 0.0609. The van der Waals surface area contributed by atoms with Crippen molar-refractivity contribution < 1.29 is 33.3 Å². The van der Waals surface area contributed by atoms with Crippen LogP contribution in [0.3, 0.4) is 0 Å². The number of amides is 1. The molecule has 0 unspecified atom stereocenters. The summed E-state index contributed by atoms with van der Waals surface area (Å²) in [5.41, 5.74) is 0.759. The van der Waals surface area contributed by atoms with Crippen LogP contribution in [0.5, 0.6) is 11.5 Å². The van der Waals surface area contributed by atoms with E-state index >= 15 is 0 Å². The SMILES string of the molecule is CC(C)Oc1cc([C@@H]2C[C@H](CO)N(C(=O)O)C2)ccc1OC(F)F. The van der Waals surface area contributed by atoms with Gasteiger partial charge in [0, 0.05) is 12.5 Å². The van der Waals surface area contributed by atoms with Gasteiger partial charge in [-0.05, 0) is 38.0 Å². The Morgan fingerprint density at radius 2 is 2.04 bits per heavy atom. The van der Waals surface area contributed by atoms with Gasteiger partial charge in [-0.15, -0.1) is 0 Å². The number of ether oxygens (including phenoxy) is 2. The Kier molecular flexibility index (Phi) is 5.82. The Morgan fingerprint density at radius 3 is 2.54 bits per heavy atom. The zero-order chi connectivity index (χ0) is 17.9. The van der Waals surface area contributed by atoms with E-state index in [0.717, 1.165) is 5.56 Å². The lowest BCUT2D eigenvalue weighted by atomic mass is 9.96. The number of aliphatic hydroxyl groups excluding tert-OH is 1. The van der Waals surface area contributed by atoms with Crippen LogP contribution in [0, 0.1) is 0 Å². The molecule has 1 fully saturated rings. The third-order valence-electron chi connectivity index (χ3n) is 3.89. The van der Waals surface area contributed by atoms with Crippen molar-refractivity contribution in [1.29, 1.82) is 0 Å². The molecule has 1 saturated heterocycles. The van der Waals surface area contributed by atoms with Gasteiger partial charge in [0.15, 0.2) is 11.5 Å². The molecule has 1 aromatic carbocycles. The van der Waals surface area contributed by atoms with E-state index < -0.39 is 18.7 Å². The van der Waals surface area contributed by atoms with Crippen LogP contribution in [0.2, 0.25) is 0 Å². The lowest BCUT2D eigenvalue weighted by Gasteiger charge is -2.19. The highest BCUT2D eigenvalue weighted by Gasteiger charge is 2.35. The Hall–Kier alpha value is -2.09. The van der Waals surface area contributed by atoms with Gasteiger partial charge < -0.3 is 24.6 Å². The molecule has 0 spiro atoms. The normalized spacial score (nSPS) is 20.7. The fraction of sp³-hybridized carbons (Fsp3) is 0.562. The molecule has 0 aromatic heterocycles. The van der Waals surface area contributed by atoms with Gasteiger partial charge in [-0.25, -0.2) is 4.79 Å². The summed E-state index contributed by atoms with van der Waals surface area (Å²) in [6, 6.07) is 4.15. The molecule has 134 valence electrons. The van der Waals surface area contributed by atoms with E-state index in [-0.39, 0.29) is 36.7 Å². The number of nitrogens with zero attached hydrogens (tertiary/aromatic N) is 1. The highest BCUT2D eigenvalue weighted by atomic mass is 19.3. The number of carbonyl (C=O) groups is 1. The number of halogens is 2. The summed E-state index contributed by atoms with van der Waals surface area (Å²) in [5, 5.41) is 18.5. The lowest BCUT2D eigenvalue weighted by Crippen LogP contribution is -2.36. The quantitative estimate of drug-likeness (QED) is 0.829. The zero-order valence-corrected chi connectivity index (χ0v) is 13.5. The molecule has 2 N–H and O–H groups in total. The van der Waals surface area contributed by atoms with Gasteiger partial charge in [-0.1, -0.05) is 6.07 Å². The first-order valence-electron chi connectivity index (χ1n) is 7.67. The standard InChI is InChI=1S/C16H21F2NO5/c1-9(2)23-14-6-10(3-4-13(14)24-15(17)18)11-5-12(8-20)19(7-11)16(21)22/h3-4,6,9,11-12,15,20H,5,7-8H2,1-2H3,(H,21,22)/t11-,12-/m1/s1. The van der Waals surface area contributed by atoms with Crippen molar-refractivity contribution in [3.63, 3.8) is 0 Å². The molecule has 24 heavy (non-hydrogen) atoms. The summed E-state index contributed by atoms with van der Waals surface area (Å²) >= 11 is 0. The van der Waals surface area contributed by atoms with Gasteiger partial charge >= 0.3 is 12.7 Å². The first-order chi connectivity index (χ1) is 11.3. The smallest absolute Gasteiger partial charge is 0.407 e. The van der Waals surface area contributed by atoms with E-state index in [0.29, 0.717) is 6.42 Å². The van der Waals surface area contributed by atoms with Crippen LogP contribution in [0.1, 0.15) is 31.7 Å². The second kappa shape index (κ2) is 7.65. The van der Waals surface area contributed by atoms with Gasteiger partial charge in [0.25, 0.3) is 0 Å². The molecule has 1 aliphatic rings. The molecular weight excluding hydrogens is 324 g/mol. The van der Waals surface area contributed by atoms with Crippen LogP contribution in [-0.2, 0) is 0 Å². The fourth-order valence-corrected chi connectivity index (χ4v) is 2.88. The van der Waals surface area contributed by atoms with Crippen molar-refractivity contribution in [2.75, 3.05) is 13.2 Å². The van der Waals surface area contributed by atoms with Gasteiger partial charge in [0.1, 0.15) is 0 Å². The second-order valence-electron chi connectivity index (χ2n) is 5.96. The molecule has 6 nitrogen and oxygen atoms in total. The second-order valence-corrected chi connectivity index (χ2v) is 5.96. The van der Waals surface area contributed by atoms with E-state index in [9.17, 15) is 23.8 Å². The Morgan fingerprint density at radius 1 is 1.33 bits per heavy atom. The number of alkyl halides is 2. The summed E-state index contributed by atoms with van der Waals surface area (Å²) < 4.78 is 35.0. The van der Waals surface area contributed by atoms with Gasteiger partial charge in [-0.3, -0.25) is 0 Å². The van der Waals surface area contributed by atoms with E-state index in [2.05, 4.69) is 4.74 Å². The molecule has 2 atom stereocenters. The molecule has 1 aliphatic heterocycles. The van der Waals surface area contributed by atoms with Gasteiger partial charge in [-0.2, -0.15) is 8.78 Å². The highest BCUT2D eigenvalue weighted by Crippen LogP contribution is 2.37. The molecule has 2 rings (SSSR count). The third-order valence-corrected chi connectivity index (χ3v) is 3.89. The number of carboxylic acid groups (broad SMARTS) is 1. The van der Waals surface area contributed by atoms with Gasteiger partial charge in [0.05, 0.1) is 18.8 Å². The summed E-state index contributed by atoms with van der Waals surface area (Å²) in [4.78, 5) is 12.4. The Bertz CT molecular complexity index is 582. The van der Waals surface area contributed by atoms with E-state index in [1.807, 2.05) is 0 Å². The maximum absolute atomic E-state index is 12.5. The topological polar surface area (TPSA) is 79.2 Å². The summed E-state index contributed by atoms with van der Waals surface area (Å²) in [6.45, 7) is 0.546. The van der Waals surface area contributed by atoms with Crippen LogP contribution >= 0.6 is 0 Å². The van der Waals surface area contributed by atoms with E-state index in [1.165, 1.54) is 11.0 Å². The first kappa shape index (κ1) is 18.3. The van der Waals surface area contributed by atoms with Crippen molar-refractivity contribution in [1.82, 2.24) is 4.90 Å². The number of aliphatic hydroxyl groups is 1. The average Bonchev–Trinajstić information content (AvgIpc) is 2.92. The number of likely N-dealkylation sites (tertiary alicyclic amines) is 1. The van der Waals surface area contributed by atoms with Crippen molar-refractivity contribution in [2.45, 2.75) is 44.9 Å². The summed E-state index contributed by atoms with van der Waals surface area (Å²) in [6.07, 6.45) is -0.865. The van der Waals surface area contributed by atoms with Crippen LogP contribution in [0.15, 0.2) is 18.2 Å². The first-order valence-corrected chi connectivity index (χ1v) is 7.67. The summed E-state index contributed by atoms with van der Waals surface area (Å²) in [7, 11) is 0. The predicted molar refractivity (Wildman–Crippen MR) is 81.8 cm³/mol. The molecule has 0 radical (unpaired) electrons. The molecule has 0 saturated carbocycles. The summed E-state index contributed by atoms with van der Waals surface area (Å²) in [5.74, 6) is -0.0141. The van der Waals surface area contributed by atoms with E-state index in [4.69, 9.17) is 4.74 Å². The van der Waals surface area contributed by atoms with Crippen molar-refractivity contribution in [3.8, 4) is 11.5 Å². The van der Waals surface area contributed by atoms with Crippen molar-refractivity contribution >= 4 is 6.09 Å². The van der Waals surface area contributed by atoms with Crippen LogP contribution in [0.25, 0.3) is 0 Å².